The summed E-state index contributed by atoms with van der Waals surface area (Å²) in [6.45, 7) is 7.70. The van der Waals surface area contributed by atoms with Gasteiger partial charge >= 0.3 is 0 Å². The van der Waals surface area contributed by atoms with E-state index >= 15 is 0 Å². The molecule has 0 aromatic carbocycles. The summed E-state index contributed by atoms with van der Waals surface area (Å²) in [6.07, 6.45) is 7.43. The second-order valence-corrected chi connectivity index (χ2v) is 8.06. The number of nitrogens with zero attached hydrogens (tertiary/aromatic N) is 3. The summed E-state index contributed by atoms with van der Waals surface area (Å²) < 4.78 is 0. The second-order valence-electron chi connectivity index (χ2n) is 8.06. The minimum absolute atomic E-state index is 0.0502. The van der Waals surface area contributed by atoms with Crippen LogP contribution in [0.2, 0.25) is 0 Å². The number of aromatic nitrogens is 2. The molecule has 3 rings (SSSR count). The van der Waals surface area contributed by atoms with E-state index in [9.17, 15) is 4.79 Å². The third-order valence-corrected chi connectivity index (χ3v) is 5.56. The Kier molecular flexibility index (Phi) is 5.59. The molecule has 5 nitrogen and oxygen atoms in total. The van der Waals surface area contributed by atoms with E-state index in [2.05, 4.69) is 28.9 Å². The van der Waals surface area contributed by atoms with Gasteiger partial charge in [-0.1, -0.05) is 20.3 Å². The highest BCUT2D eigenvalue weighted by molar-refractivity contribution is 5.92. The average Bonchev–Trinajstić information content (AvgIpc) is 3.02. The van der Waals surface area contributed by atoms with Gasteiger partial charge in [0.1, 0.15) is 5.69 Å². The molecule has 2 aliphatic heterocycles. The zero-order chi connectivity index (χ0) is 17.1. The van der Waals surface area contributed by atoms with Crippen molar-refractivity contribution in [3.05, 3.63) is 17.5 Å². The van der Waals surface area contributed by atoms with E-state index in [4.69, 9.17) is 0 Å². The number of hydrogen-bond acceptors (Lipinski definition) is 3. The summed E-state index contributed by atoms with van der Waals surface area (Å²) >= 11 is 0. The molecule has 134 valence electrons. The van der Waals surface area contributed by atoms with Crippen LogP contribution in [0.5, 0.6) is 0 Å². The smallest absolute Gasteiger partial charge is 0.274 e. The molecule has 2 fully saturated rings. The summed E-state index contributed by atoms with van der Waals surface area (Å²) in [5.74, 6) is 1.22. The number of nitrogens with one attached hydrogen (secondary N) is 1. The topological polar surface area (TPSA) is 52.2 Å². The number of rotatable bonds is 5. The minimum atomic E-state index is 0.0502. The lowest BCUT2D eigenvalue weighted by Crippen LogP contribution is -2.51. The first-order chi connectivity index (χ1) is 11.5. The number of hydrogen-bond donors (Lipinski definition) is 1. The highest BCUT2D eigenvalue weighted by Crippen LogP contribution is 2.31. The SMILES string of the molecule is CC(C)Cc1cc(C(=O)N(C)C[C@@H]2CCCN3CCCC[C@H]23)n[nH]1. The maximum atomic E-state index is 12.7. The van der Waals surface area contributed by atoms with E-state index in [-0.39, 0.29) is 5.91 Å². The quantitative estimate of drug-likeness (QED) is 0.902. The van der Waals surface area contributed by atoms with Gasteiger partial charge in [-0.15, -0.1) is 0 Å². The number of aromatic amines is 1. The Morgan fingerprint density at radius 2 is 2.12 bits per heavy atom. The van der Waals surface area contributed by atoms with Gasteiger partial charge in [0, 0.05) is 25.3 Å². The fraction of sp³-hybridized carbons (Fsp3) is 0.789. The van der Waals surface area contributed by atoms with Gasteiger partial charge in [-0.3, -0.25) is 9.89 Å². The number of amides is 1. The fourth-order valence-corrected chi connectivity index (χ4v) is 4.44. The molecule has 2 aliphatic rings. The van der Waals surface area contributed by atoms with Crippen LogP contribution < -0.4 is 0 Å². The monoisotopic (exact) mass is 332 g/mol. The minimum Gasteiger partial charge on any atom is -0.340 e. The van der Waals surface area contributed by atoms with Crippen LogP contribution in [-0.4, -0.2) is 58.6 Å². The predicted molar refractivity (Wildman–Crippen MR) is 96.0 cm³/mol. The van der Waals surface area contributed by atoms with Crippen LogP contribution >= 0.6 is 0 Å². The van der Waals surface area contributed by atoms with Crippen LogP contribution in [0, 0.1) is 11.8 Å². The Hall–Kier alpha value is -1.36. The first-order valence-electron chi connectivity index (χ1n) is 9.58. The van der Waals surface area contributed by atoms with Crippen molar-refractivity contribution in [2.75, 3.05) is 26.7 Å². The van der Waals surface area contributed by atoms with E-state index in [1.807, 2.05) is 18.0 Å². The Balaban J connectivity index is 1.60. The normalized spacial score (nSPS) is 24.8. The van der Waals surface area contributed by atoms with E-state index in [0.29, 0.717) is 23.6 Å². The standard InChI is InChI=1S/C19H32N4O/c1-14(2)11-16-12-17(21-20-16)19(24)22(3)13-15-7-6-10-23-9-5-4-8-18(15)23/h12,14-15,18H,4-11,13H2,1-3H3,(H,20,21)/t15-,18+/m0/s1. The maximum Gasteiger partial charge on any atom is 0.274 e. The molecular weight excluding hydrogens is 300 g/mol. The van der Waals surface area contributed by atoms with E-state index in [0.717, 1.165) is 18.7 Å². The second kappa shape index (κ2) is 7.68. The van der Waals surface area contributed by atoms with Crippen molar-refractivity contribution < 1.29 is 4.79 Å². The zero-order valence-electron chi connectivity index (χ0n) is 15.4. The lowest BCUT2D eigenvalue weighted by Gasteiger charge is -2.45. The zero-order valence-corrected chi connectivity index (χ0v) is 15.4. The van der Waals surface area contributed by atoms with Crippen LogP contribution in [0.15, 0.2) is 6.07 Å². The van der Waals surface area contributed by atoms with Crippen molar-refractivity contribution in [2.45, 2.75) is 58.4 Å². The van der Waals surface area contributed by atoms with E-state index in [1.54, 1.807) is 0 Å². The molecule has 2 saturated heterocycles. The van der Waals surface area contributed by atoms with E-state index < -0.39 is 0 Å². The van der Waals surface area contributed by atoms with Crippen LogP contribution in [0.3, 0.4) is 0 Å². The molecule has 0 unspecified atom stereocenters. The maximum absolute atomic E-state index is 12.7. The summed E-state index contributed by atoms with van der Waals surface area (Å²) in [7, 11) is 1.93. The first kappa shape index (κ1) is 17.5. The number of carbonyl (C=O) groups excluding carboxylic acids is 1. The summed E-state index contributed by atoms with van der Waals surface area (Å²) in [6, 6.07) is 2.60. The first-order valence-corrected chi connectivity index (χ1v) is 9.58. The molecule has 0 saturated carbocycles. The van der Waals surface area contributed by atoms with Gasteiger partial charge < -0.3 is 9.80 Å². The van der Waals surface area contributed by atoms with Crippen LogP contribution in [-0.2, 0) is 6.42 Å². The Morgan fingerprint density at radius 3 is 2.92 bits per heavy atom. The molecule has 0 aliphatic carbocycles. The summed E-state index contributed by atoms with van der Waals surface area (Å²) in [5, 5.41) is 7.25. The van der Waals surface area contributed by atoms with Crippen molar-refractivity contribution in [3.63, 3.8) is 0 Å². The molecule has 1 N–H and O–H groups in total. The number of fused-ring (bicyclic) bond motifs is 1. The molecular formula is C19H32N4O. The van der Waals surface area contributed by atoms with Crippen molar-refractivity contribution in [3.8, 4) is 0 Å². The van der Waals surface area contributed by atoms with Crippen LogP contribution in [0.25, 0.3) is 0 Å². The largest absolute Gasteiger partial charge is 0.340 e. The molecule has 1 amide bonds. The Labute approximate surface area is 145 Å². The molecule has 1 aromatic rings. The van der Waals surface area contributed by atoms with Gasteiger partial charge in [-0.2, -0.15) is 5.10 Å². The number of carbonyl (C=O) groups is 1. The third-order valence-electron chi connectivity index (χ3n) is 5.56. The summed E-state index contributed by atoms with van der Waals surface area (Å²) in [4.78, 5) is 17.3. The lowest BCUT2D eigenvalue weighted by molar-refractivity contribution is 0.0401. The molecule has 2 atom stereocenters. The highest BCUT2D eigenvalue weighted by Gasteiger charge is 2.34. The number of H-pyrrole nitrogens is 1. The average molecular weight is 332 g/mol. The Bertz CT molecular complexity index is 551. The van der Waals surface area contributed by atoms with Crippen LogP contribution in [0.4, 0.5) is 0 Å². The van der Waals surface area contributed by atoms with Crippen molar-refractivity contribution in [2.24, 2.45) is 11.8 Å². The molecule has 5 heteroatoms. The molecule has 3 heterocycles. The third kappa shape index (κ3) is 4.00. The molecule has 0 spiro atoms. The van der Waals surface area contributed by atoms with Crippen molar-refractivity contribution in [1.29, 1.82) is 0 Å². The molecule has 24 heavy (non-hydrogen) atoms. The van der Waals surface area contributed by atoms with Crippen LogP contribution in [0.1, 0.15) is 62.1 Å². The van der Waals surface area contributed by atoms with Crippen molar-refractivity contribution in [1.82, 2.24) is 20.0 Å². The number of piperidine rings is 2. The Morgan fingerprint density at radius 1 is 1.33 bits per heavy atom. The van der Waals surface area contributed by atoms with Gasteiger partial charge in [-0.25, -0.2) is 0 Å². The van der Waals surface area contributed by atoms with Gasteiger partial charge in [0.05, 0.1) is 0 Å². The van der Waals surface area contributed by atoms with Gasteiger partial charge in [0.2, 0.25) is 0 Å². The van der Waals surface area contributed by atoms with E-state index in [1.165, 1.54) is 45.2 Å². The van der Waals surface area contributed by atoms with Gasteiger partial charge in [0.25, 0.3) is 5.91 Å². The lowest BCUT2D eigenvalue weighted by atomic mass is 9.83. The van der Waals surface area contributed by atoms with Crippen molar-refractivity contribution >= 4 is 5.91 Å². The summed E-state index contributed by atoms with van der Waals surface area (Å²) in [5.41, 5.74) is 1.61. The van der Waals surface area contributed by atoms with Gasteiger partial charge in [-0.05, 0) is 63.1 Å². The molecule has 0 radical (unpaired) electrons. The fourth-order valence-electron chi connectivity index (χ4n) is 4.44. The molecule has 1 aromatic heterocycles. The van der Waals surface area contributed by atoms with Gasteiger partial charge in [0.15, 0.2) is 0 Å². The molecule has 0 bridgehead atoms. The predicted octanol–water partition coefficient (Wildman–Crippen LogP) is 2.94. The highest BCUT2D eigenvalue weighted by atomic mass is 16.2.